The molecule has 0 radical (unpaired) electrons. The lowest BCUT2D eigenvalue weighted by Gasteiger charge is -2.31. The molecule has 2 aliphatic carbocycles. The summed E-state index contributed by atoms with van der Waals surface area (Å²) in [4.78, 5) is 0. The number of benzene rings is 2. The van der Waals surface area contributed by atoms with Crippen molar-refractivity contribution < 1.29 is 31.8 Å². The minimum absolute atomic E-state index is 0.0539. The maximum Gasteiger partial charge on any atom is 0.201 e. The average Bonchev–Trinajstić information content (AvgIpc) is 3.20. The van der Waals surface area contributed by atoms with Crippen LogP contribution in [0.15, 0.2) is 36.4 Å². The van der Waals surface area contributed by atoms with Crippen molar-refractivity contribution in [3.05, 3.63) is 70.8 Å². The smallest absolute Gasteiger partial charge is 0.201 e. The van der Waals surface area contributed by atoms with E-state index < -0.39 is 23.3 Å². The molecule has 55 heavy (non-hydrogen) atoms. The summed E-state index contributed by atoms with van der Waals surface area (Å²) >= 11 is 0. The Morgan fingerprint density at radius 1 is 0.509 bits per heavy atom. The van der Waals surface area contributed by atoms with Gasteiger partial charge in [-0.05, 0) is 123 Å². The summed E-state index contributed by atoms with van der Waals surface area (Å²) in [5.41, 5.74) is 2.09. The van der Waals surface area contributed by atoms with Crippen LogP contribution in [-0.2, 0) is 4.74 Å². The van der Waals surface area contributed by atoms with E-state index in [9.17, 15) is 0 Å². The highest BCUT2D eigenvalue weighted by Gasteiger charge is 2.29. The molecule has 0 aromatic heterocycles. The Bertz CT molecular complexity index is 1360. The minimum Gasteiger partial charge on any atom is -0.490 e. The average molecular weight is 771 g/mol. The molecule has 0 bridgehead atoms. The molecule has 2 saturated carbocycles. The van der Waals surface area contributed by atoms with Crippen molar-refractivity contribution in [2.24, 2.45) is 23.7 Å². The van der Waals surface area contributed by atoms with Gasteiger partial charge in [-0.2, -0.15) is 8.78 Å². The van der Waals surface area contributed by atoms with Crippen LogP contribution < -0.4 is 9.47 Å². The standard InChI is InChI=1S/C48H70F4O3/c1-5-9-13-15-35-17-21-37(22-18-35)39(41-25-27-43(47(51)45(41)49)54-31-11-7-3)29-33-53-34-30-40(38-23-19-36(20-24-38)16-14-10-6-2)42-26-28-44(48(52)46(42)50)55-32-12-8-4/h25-30,35-38H,5-24,31-34H2,1-4H3. The highest BCUT2D eigenvalue weighted by atomic mass is 19.2. The van der Waals surface area contributed by atoms with Crippen LogP contribution in [0.2, 0.25) is 0 Å². The molecule has 0 N–H and O–H groups in total. The summed E-state index contributed by atoms with van der Waals surface area (Å²) in [5.74, 6) is -2.21. The maximum absolute atomic E-state index is 15.8. The summed E-state index contributed by atoms with van der Waals surface area (Å²) < 4.78 is 79.7. The van der Waals surface area contributed by atoms with Crippen molar-refractivity contribution in [3.8, 4) is 11.5 Å². The molecule has 0 unspecified atom stereocenters. The van der Waals surface area contributed by atoms with Crippen LogP contribution in [0.3, 0.4) is 0 Å². The highest BCUT2D eigenvalue weighted by Crippen LogP contribution is 2.43. The van der Waals surface area contributed by atoms with Gasteiger partial charge in [-0.1, -0.05) is 104 Å². The monoisotopic (exact) mass is 771 g/mol. The first-order valence-electron chi connectivity index (χ1n) is 22.0. The van der Waals surface area contributed by atoms with E-state index in [0.29, 0.717) is 25.0 Å². The molecule has 0 aliphatic heterocycles. The van der Waals surface area contributed by atoms with Gasteiger partial charge in [0.25, 0.3) is 0 Å². The van der Waals surface area contributed by atoms with E-state index in [1.54, 1.807) is 24.3 Å². The molecule has 4 rings (SSSR count). The first kappa shape index (κ1) is 44.9. The Morgan fingerprint density at radius 3 is 1.25 bits per heavy atom. The van der Waals surface area contributed by atoms with Gasteiger partial charge in [0.05, 0.1) is 26.4 Å². The van der Waals surface area contributed by atoms with Crippen LogP contribution in [0.5, 0.6) is 11.5 Å². The van der Waals surface area contributed by atoms with Gasteiger partial charge in [-0.15, -0.1) is 0 Å². The lowest BCUT2D eigenvalue weighted by molar-refractivity contribution is 0.193. The van der Waals surface area contributed by atoms with E-state index in [1.807, 2.05) is 26.0 Å². The lowest BCUT2D eigenvalue weighted by atomic mass is 9.75. The molecule has 0 atom stereocenters. The Hall–Kier alpha value is -2.80. The Balaban J connectivity index is 1.54. The van der Waals surface area contributed by atoms with E-state index in [1.165, 1.54) is 51.4 Å². The third-order valence-corrected chi connectivity index (χ3v) is 12.1. The fraction of sp³-hybridized carbons (Fsp3) is 0.667. The maximum atomic E-state index is 15.8. The number of halogens is 4. The summed E-state index contributed by atoms with van der Waals surface area (Å²) in [5, 5.41) is 0. The van der Waals surface area contributed by atoms with E-state index in [0.717, 1.165) is 88.2 Å². The molecule has 308 valence electrons. The molecular formula is C48H70F4O3. The molecule has 0 saturated heterocycles. The van der Waals surface area contributed by atoms with Crippen molar-refractivity contribution >= 4 is 11.1 Å². The van der Waals surface area contributed by atoms with Crippen molar-refractivity contribution in [3.63, 3.8) is 0 Å². The summed E-state index contributed by atoms with van der Waals surface area (Å²) in [6.07, 6.45) is 25.0. The second-order valence-corrected chi connectivity index (χ2v) is 16.2. The summed E-state index contributed by atoms with van der Waals surface area (Å²) in [7, 11) is 0. The van der Waals surface area contributed by atoms with Gasteiger partial charge in [0, 0.05) is 11.1 Å². The normalized spacial score (nSPS) is 20.9. The van der Waals surface area contributed by atoms with Crippen LogP contribution in [0.25, 0.3) is 11.1 Å². The van der Waals surface area contributed by atoms with Crippen molar-refractivity contribution in [2.45, 2.75) is 156 Å². The van der Waals surface area contributed by atoms with E-state index in [2.05, 4.69) is 13.8 Å². The minimum atomic E-state index is -0.947. The van der Waals surface area contributed by atoms with Gasteiger partial charge in [-0.3, -0.25) is 0 Å². The fourth-order valence-electron chi connectivity index (χ4n) is 8.63. The SMILES string of the molecule is CCCCCC1CCC(C(=CCOCC=C(c2ccc(OCCCC)c(F)c2F)C2CCC(CCCCC)CC2)c2ccc(OCCCC)c(F)c2F)CC1. The Labute approximate surface area is 330 Å². The fourth-order valence-corrected chi connectivity index (χ4v) is 8.63. The van der Waals surface area contributed by atoms with Crippen LogP contribution in [0.4, 0.5) is 17.6 Å². The Kier molecular flexibility index (Phi) is 20.2. The third-order valence-electron chi connectivity index (χ3n) is 12.1. The number of unbranched alkanes of at least 4 members (excludes halogenated alkanes) is 6. The van der Waals surface area contributed by atoms with Crippen molar-refractivity contribution in [1.29, 1.82) is 0 Å². The number of hydrogen-bond donors (Lipinski definition) is 0. The summed E-state index contributed by atoms with van der Waals surface area (Å²) in [6, 6.07) is 6.41. The predicted molar refractivity (Wildman–Crippen MR) is 219 cm³/mol. The molecule has 2 aliphatic rings. The van der Waals surface area contributed by atoms with Crippen molar-refractivity contribution in [1.82, 2.24) is 0 Å². The third kappa shape index (κ3) is 13.7. The number of allylic oxidation sites excluding steroid dienone is 2. The first-order chi connectivity index (χ1) is 26.8. The van der Waals surface area contributed by atoms with E-state index in [4.69, 9.17) is 14.2 Å². The van der Waals surface area contributed by atoms with Crippen LogP contribution in [0, 0.1) is 46.9 Å². The lowest BCUT2D eigenvalue weighted by Crippen LogP contribution is -2.17. The van der Waals surface area contributed by atoms with Gasteiger partial charge in [-0.25, -0.2) is 8.78 Å². The second kappa shape index (κ2) is 24.8. The van der Waals surface area contributed by atoms with Gasteiger partial charge in [0.15, 0.2) is 23.1 Å². The zero-order chi connectivity index (χ0) is 39.4. The Morgan fingerprint density at radius 2 is 0.891 bits per heavy atom. The van der Waals surface area contributed by atoms with E-state index in [-0.39, 0.29) is 47.7 Å². The van der Waals surface area contributed by atoms with E-state index >= 15 is 17.6 Å². The van der Waals surface area contributed by atoms with Crippen LogP contribution >= 0.6 is 0 Å². The van der Waals surface area contributed by atoms with Crippen LogP contribution in [0.1, 0.15) is 167 Å². The number of hydrogen-bond acceptors (Lipinski definition) is 3. The largest absolute Gasteiger partial charge is 0.490 e. The molecule has 2 aromatic carbocycles. The van der Waals surface area contributed by atoms with Crippen molar-refractivity contribution in [2.75, 3.05) is 26.4 Å². The highest BCUT2D eigenvalue weighted by molar-refractivity contribution is 5.70. The quantitative estimate of drug-likeness (QED) is 0.0786. The number of ether oxygens (including phenoxy) is 3. The predicted octanol–water partition coefficient (Wildman–Crippen LogP) is 14.9. The molecular weight excluding hydrogens is 701 g/mol. The van der Waals surface area contributed by atoms with Crippen LogP contribution in [-0.4, -0.2) is 26.4 Å². The molecule has 2 fully saturated rings. The van der Waals surface area contributed by atoms with Gasteiger partial charge < -0.3 is 14.2 Å². The number of rotatable bonds is 24. The second-order valence-electron chi connectivity index (χ2n) is 16.2. The summed E-state index contributed by atoms with van der Waals surface area (Å²) in [6.45, 7) is 9.56. The zero-order valence-electron chi connectivity index (χ0n) is 34.5. The first-order valence-corrected chi connectivity index (χ1v) is 22.0. The van der Waals surface area contributed by atoms with Gasteiger partial charge in [0.2, 0.25) is 11.6 Å². The molecule has 3 nitrogen and oxygen atoms in total. The zero-order valence-corrected chi connectivity index (χ0v) is 34.5. The molecule has 0 amide bonds. The molecule has 7 heteroatoms. The molecule has 0 heterocycles. The van der Waals surface area contributed by atoms with Gasteiger partial charge in [0.1, 0.15) is 0 Å². The van der Waals surface area contributed by atoms with Gasteiger partial charge >= 0.3 is 0 Å². The topological polar surface area (TPSA) is 27.7 Å². The molecule has 2 aromatic rings. The molecule has 0 spiro atoms.